The van der Waals surface area contributed by atoms with Gasteiger partial charge >= 0.3 is 0 Å². The summed E-state index contributed by atoms with van der Waals surface area (Å²) >= 11 is 5.95. The van der Waals surface area contributed by atoms with E-state index in [0.717, 1.165) is 28.8 Å². The molecule has 3 heterocycles. The molecule has 0 atom stereocenters. The average Bonchev–Trinajstić information content (AvgIpc) is 3.55. The molecule has 0 saturated heterocycles. The Morgan fingerprint density at radius 3 is 2.50 bits per heavy atom. The molecule has 0 radical (unpaired) electrons. The van der Waals surface area contributed by atoms with Crippen molar-refractivity contribution in [2.75, 3.05) is 0 Å². The molecule has 1 aliphatic rings. The molecule has 7 heteroatoms. The van der Waals surface area contributed by atoms with Crippen LogP contribution < -0.4 is 5.32 Å². The molecule has 4 aromatic rings. The summed E-state index contributed by atoms with van der Waals surface area (Å²) in [6.45, 7) is 1.29. The van der Waals surface area contributed by atoms with E-state index in [1.807, 2.05) is 48.7 Å². The summed E-state index contributed by atoms with van der Waals surface area (Å²) in [6, 6.07) is 13.2. The number of nitrogens with one attached hydrogen (secondary N) is 1. The Labute approximate surface area is 191 Å². The zero-order valence-electron chi connectivity index (χ0n) is 17.4. The number of carbonyl (C=O) groups excluding carboxylic acids is 1. The Morgan fingerprint density at radius 2 is 1.81 bits per heavy atom. The van der Waals surface area contributed by atoms with Crippen LogP contribution in [0.3, 0.4) is 0 Å². The van der Waals surface area contributed by atoms with Gasteiger partial charge in [0.25, 0.3) is 5.91 Å². The summed E-state index contributed by atoms with van der Waals surface area (Å²) < 4.78 is 2.05. The summed E-state index contributed by atoms with van der Waals surface area (Å²) in [4.78, 5) is 26.1. The topological polar surface area (TPSA) is 72.7 Å². The third-order valence-corrected chi connectivity index (χ3v) is 5.80. The van der Waals surface area contributed by atoms with Gasteiger partial charge in [-0.2, -0.15) is 0 Å². The Kier molecular flexibility index (Phi) is 5.69. The van der Waals surface area contributed by atoms with E-state index in [2.05, 4.69) is 24.8 Å². The first-order valence-electron chi connectivity index (χ1n) is 10.6. The first-order valence-corrected chi connectivity index (χ1v) is 11.0. The first-order chi connectivity index (χ1) is 15.7. The van der Waals surface area contributed by atoms with Gasteiger partial charge in [-0.3, -0.25) is 9.78 Å². The minimum atomic E-state index is -0.0975. The lowest BCUT2D eigenvalue weighted by Crippen LogP contribution is -2.25. The lowest BCUT2D eigenvalue weighted by Gasteiger charge is -2.09. The molecule has 1 amide bonds. The minimum absolute atomic E-state index is 0.0975. The van der Waals surface area contributed by atoms with E-state index in [-0.39, 0.29) is 5.91 Å². The standard InChI is InChI=1S/C25H22ClN5O/c26-22-7-5-17(6-8-22)11-30-25(32)23-10-20(16-31(23)15-18-3-4-18)21-13-28-24(29-14-21)19-2-1-9-27-12-19/h1-2,5-10,12-14,16,18H,3-4,11,15H2,(H,30,32). The van der Waals surface area contributed by atoms with Crippen LogP contribution in [-0.2, 0) is 13.1 Å². The summed E-state index contributed by atoms with van der Waals surface area (Å²) in [5.74, 6) is 1.17. The van der Waals surface area contributed by atoms with Crippen molar-refractivity contribution in [1.82, 2.24) is 24.8 Å². The van der Waals surface area contributed by atoms with Gasteiger partial charge in [0, 0.05) is 65.8 Å². The van der Waals surface area contributed by atoms with Crippen molar-refractivity contribution in [3.8, 4) is 22.5 Å². The van der Waals surface area contributed by atoms with Crippen molar-refractivity contribution >= 4 is 17.5 Å². The van der Waals surface area contributed by atoms with Crippen molar-refractivity contribution < 1.29 is 4.79 Å². The molecule has 6 nitrogen and oxygen atoms in total. The third kappa shape index (κ3) is 4.70. The molecular formula is C25H22ClN5O. The van der Waals surface area contributed by atoms with Crippen LogP contribution in [0.4, 0.5) is 0 Å². The van der Waals surface area contributed by atoms with Crippen LogP contribution in [-0.4, -0.2) is 25.4 Å². The molecule has 32 heavy (non-hydrogen) atoms. The van der Waals surface area contributed by atoms with E-state index in [4.69, 9.17) is 11.6 Å². The predicted molar refractivity (Wildman–Crippen MR) is 124 cm³/mol. The highest BCUT2D eigenvalue weighted by atomic mass is 35.5. The number of amides is 1. The van der Waals surface area contributed by atoms with Crippen molar-refractivity contribution in [2.45, 2.75) is 25.9 Å². The molecule has 1 saturated carbocycles. The number of hydrogen-bond acceptors (Lipinski definition) is 4. The van der Waals surface area contributed by atoms with E-state index < -0.39 is 0 Å². The van der Waals surface area contributed by atoms with Gasteiger partial charge in [0.05, 0.1) is 0 Å². The number of nitrogens with zero attached hydrogens (tertiary/aromatic N) is 4. The number of carbonyl (C=O) groups is 1. The highest BCUT2D eigenvalue weighted by molar-refractivity contribution is 6.30. The predicted octanol–water partition coefficient (Wildman–Crippen LogP) is 5.00. The lowest BCUT2D eigenvalue weighted by atomic mass is 10.1. The van der Waals surface area contributed by atoms with Gasteiger partial charge in [-0.05, 0) is 54.7 Å². The van der Waals surface area contributed by atoms with Crippen LogP contribution in [0.2, 0.25) is 5.02 Å². The van der Waals surface area contributed by atoms with Gasteiger partial charge in [-0.15, -0.1) is 0 Å². The van der Waals surface area contributed by atoms with E-state index >= 15 is 0 Å². The number of benzene rings is 1. The molecule has 3 aromatic heterocycles. The Morgan fingerprint density at radius 1 is 1.03 bits per heavy atom. The number of halogens is 1. The first kappa shape index (κ1) is 20.4. The smallest absolute Gasteiger partial charge is 0.268 e. The van der Waals surface area contributed by atoms with Crippen LogP contribution in [0, 0.1) is 5.92 Å². The van der Waals surface area contributed by atoms with Crippen molar-refractivity contribution in [3.63, 3.8) is 0 Å². The fraction of sp³-hybridized carbons (Fsp3) is 0.200. The summed E-state index contributed by atoms with van der Waals surface area (Å²) in [5, 5.41) is 3.70. The second-order valence-corrected chi connectivity index (χ2v) is 8.49. The van der Waals surface area contributed by atoms with Crippen molar-refractivity contribution in [3.05, 3.63) is 89.7 Å². The van der Waals surface area contributed by atoms with Gasteiger partial charge in [0.15, 0.2) is 5.82 Å². The Balaban J connectivity index is 1.36. The number of rotatable bonds is 7. The van der Waals surface area contributed by atoms with E-state index in [1.54, 1.807) is 24.8 Å². The van der Waals surface area contributed by atoms with Crippen LogP contribution >= 0.6 is 11.6 Å². The van der Waals surface area contributed by atoms with Gasteiger partial charge in [-0.25, -0.2) is 9.97 Å². The second-order valence-electron chi connectivity index (χ2n) is 8.06. The minimum Gasteiger partial charge on any atom is -0.347 e. The molecule has 0 spiro atoms. The normalized spacial score (nSPS) is 13.2. The SMILES string of the molecule is O=C(NCc1ccc(Cl)cc1)c1cc(-c2cnc(-c3cccnc3)nc2)cn1CC1CC1. The number of hydrogen-bond donors (Lipinski definition) is 1. The lowest BCUT2D eigenvalue weighted by molar-refractivity contribution is 0.0941. The van der Waals surface area contributed by atoms with E-state index in [0.29, 0.717) is 29.0 Å². The van der Waals surface area contributed by atoms with Crippen LogP contribution in [0.15, 0.2) is 73.4 Å². The van der Waals surface area contributed by atoms with E-state index in [9.17, 15) is 4.79 Å². The zero-order valence-corrected chi connectivity index (χ0v) is 18.2. The summed E-state index contributed by atoms with van der Waals surface area (Å²) in [5.41, 5.74) is 4.33. The second kappa shape index (κ2) is 8.93. The molecule has 0 aliphatic heterocycles. The van der Waals surface area contributed by atoms with Crippen molar-refractivity contribution in [2.24, 2.45) is 5.92 Å². The Bertz CT molecular complexity index is 1220. The van der Waals surface area contributed by atoms with Gasteiger partial charge in [0.1, 0.15) is 5.69 Å². The molecular weight excluding hydrogens is 422 g/mol. The van der Waals surface area contributed by atoms with Gasteiger partial charge < -0.3 is 9.88 Å². The van der Waals surface area contributed by atoms with Crippen LogP contribution in [0.25, 0.3) is 22.5 Å². The molecule has 1 N–H and O–H groups in total. The molecule has 1 aromatic carbocycles. The average molecular weight is 444 g/mol. The maximum absolute atomic E-state index is 13.0. The molecule has 1 aliphatic carbocycles. The number of aromatic nitrogens is 4. The maximum Gasteiger partial charge on any atom is 0.268 e. The largest absolute Gasteiger partial charge is 0.347 e. The van der Waals surface area contributed by atoms with Gasteiger partial charge in [0.2, 0.25) is 0 Å². The molecule has 0 bridgehead atoms. The summed E-state index contributed by atoms with van der Waals surface area (Å²) in [7, 11) is 0. The molecule has 1 fully saturated rings. The van der Waals surface area contributed by atoms with Gasteiger partial charge in [-0.1, -0.05) is 23.7 Å². The van der Waals surface area contributed by atoms with E-state index in [1.165, 1.54) is 12.8 Å². The maximum atomic E-state index is 13.0. The van der Waals surface area contributed by atoms with Crippen molar-refractivity contribution in [1.29, 1.82) is 0 Å². The monoisotopic (exact) mass is 443 g/mol. The molecule has 5 rings (SSSR count). The highest BCUT2D eigenvalue weighted by Gasteiger charge is 2.24. The van der Waals surface area contributed by atoms with Crippen LogP contribution in [0.1, 0.15) is 28.9 Å². The molecule has 0 unspecified atom stereocenters. The fourth-order valence-corrected chi connectivity index (χ4v) is 3.71. The Hall–Kier alpha value is -3.51. The zero-order chi connectivity index (χ0) is 21.9. The molecule has 160 valence electrons. The number of pyridine rings is 1. The van der Waals surface area contributed by atoms with Crippen LogP contribution in [0.5, 0.6) is 0 Å². The quantitative estimate of drug-likeness (QED) is 0.436. The third-order valence-electron chi connectivity index (χ3n) is 5.55. The summed E-state index contributed by atoms with van der Waals surface area (Å²) in [6.07, 6.45) is 11.5. The fourth-order valence-electron chi connectivity index (χ4n) is 3.58. The highest BCUT2D eigenvalue weighted by Crippen LogP contribution is 2.32.